The molecule has 0 aliphatic heterocycles. The monoisotopic (exact) mass is 302 g/mol. The van der Waals surface area contributed by atoms with Gasteiger partial charge in [0.25, 0.3) is 0 Å². The molecule has 116 valence electrons. The summed E-state index contributed by atoms with van der Waals surface area (Å²) in [5.74, 6) is 0. The minimum absolute atomic E-state index is 0.113. The molecule has 6 heteroatoms. The largest absolute Gasteiger partial charge is 0.379 e. The van der Waals surface area contributed by atoms with E-state index in [1.807, 2.05) is 25.8 Å². The van der Waals surface area contributed by atoms with Crippen LogP contribution >= 0.6 is 11.6 Å². The Morgan fingerprint density at radius 1 is 1.50 bits per heavy atom. The van der Waals surface area contributed by atoms with Gasteiger partial charge in [0.15, 0.2) is 0 Å². The van der Waals surface area contributed by atoms with Gasteiger partial charge in [-0.1, -0.05) is 11.6 Å². The Kier molecular flexibility index (Phi) is 6.45. The van der Waals surface area contributed by atoms with Crippen LogP contribution in [0.5, 0.6) is 0 Å². The molecule has 0 radical (unpaired) electrons. The van der Waals surface area contributed by atoms with Gasteiger partial charge in [-0.25, -0.2) is 0 Å². The lowest BCUT2D eigenvalue weighted by Crippen LogP contribution is -2.32. The van der Waals surface area contributed by atoms with Crippen LogP contribution in [-0.4, -0.2) is 55.1 Å². The molecule has 0 fully saturated rings. The van der Waals surface area contributed by atoms with Gasteiger partial charge < -0.3 is 15.0 Å². The maximum absolute atomic E-state index is 6.33. The fourth-order valence-corrected chi connectivity index (χ4v) is 2.37. The number of hydrogen-bond acceptors (Lipinski definition) is 4. The molecule has 0 amide bonds. The Morgan fingerprint density at radius 2 is 2.15 bits per heavy atom. The van der Waals surface area contributed by atoms with Crippen LogP contribution in [0.3, 0.4) is 0 Å². The maximum Gasteiger partial charge on any atom is 0.0834 e. The van der Waals surface area contributed by atoms with Crippen LogP contribution in [0.1, 0.15) is 32.0 Å². The van der Waals surface area contributed by atoms with Crippen LogP contribution in [0.2, 0.25) is 5.02 Å². The minimum Gasteiger partial charge on any atom is -0.379 e. The first-order valence-electron chi connectivity index (χ1n) is 6.89. The van der Waals surface area contributed by atoms with E-state index in [0.717, 1.165) is 25.2 Å². The molecule has 1 aromatic heterocycles. The number of ether oxygens (including phenoxy) is 1. The van der Waals surface area contributed by atoms with Crippen molar-refractivity contribution in [1.82, 2.24) is 20.0 Å². The van der Waals surface area contributed by atoms with Gasteiger partial charge in [-0.05, 0) is 41.4 Å². The molecular weight excluding hydrogens is 276 g/mol. The molecular formula is C14H27ClN4O. The predicted molar refractivity (Wildman–Crippen MR) is 83.3 cm³/mol. The highest BCUT2D eigenvalue weighted by molar-refractivity contribution is 6.31. The first-order chi connectivity index (χ1) is 9.30. The smallest absolute Gasteiger partial charge is 0.0834 e. The Labute approximate surface area is 127 Å². The highest BCUT2D eigenvalue weighted by Gasteiger charge is 2.27. The quantitative estimate of drug-likeness (QED) is 0.799. The summed E-state index contributed by atoms with van der Waals surface area (Å²) in [6.45, 7) is 5.90. The lowest BCUT2D eigenvalue weighted by atomic mass is 9.96. The van der Waals surface area contributed by atoms with Gasteiger partial charge in [0.2, 0.25) is 0 Å². The first kappa shape index (κ1) is 17.4. The summed E-state index contributed by atoms with van der Waals surface area (Å²) in [5, 5.41) is 8.42. The van der Waals surface area contributed by atoms with Crippen molar-refractivity contribution in [2.75, 3.05) is 34.8 Å². The minimum atomic E-state index is -0.215. The highest BCUT2D eigenvalue weighted by Crippen LogP contribution is 2.30. The van der Waals surface area contributed by atoms with E-state index in [4.69, 9.17) is 16.3 Å². The summed E-state index contributed by atoms with van der Waals surface area (Å²) >= 11 is 6.33. The molecule has 0 saturated carbocycles. The van der Waals surface area contributed by atoms with Crippen molar-refractivity contribution in [3.8, 4) is 0 Å². The third-order valence-corrected chi connectivity index (χ3v) is 3.81. The number of methoxy groups -OCH3 is 1. The molecule has 0 spiro atoms. The van der Waals surface area contributed by atoms with E-state index in [1.54, 1.807) is 13.3 Å². The number of likely N-dealkylation sites (N-methyl/N-ethyl adjacent to an activating group) is 1. The van der Waals surface area contributed by atoms with E-state index in [0.29, 0.717) is 5.02 Å². The summed E-state index contributed by atoms with van der Waals surface area (Å²) in [5.41, 5.74) is 0.814. The van der Waals surface area contributed by atoms with E-state index in [9.17, 15) is 0 Å². The summed E-state index contributed by atoms with van der Waals surface area (Å²) in [6, 6.07) is 0.113. The molecule has 0 aromatic carbocycles. The second-order valence-corrected chi connectivity index (χ2v) is 6.32. The average Bonchev–Trinajstić information content (AvgIpc) is 2.75. The Morgan fingerprint density at radius 3 is 2.65 bits per heavy atom. The first-order valence-corrected chi connectivity index (χ1v) is 7.27. The average molecular weight is 303 g/mol. The molecule has 0 aliphatic rings. The van der Waals surface area contributed by atoms with Crippen LogP contribution in [0, 0.1) is 0 Å². The van der Waals surface area contributed by atoms with Gasteiger partial charge >= 0.3 is 0 Å². The third-order valence-electron chi connectivity index (χ3n) is 3.52. The SMILES string of the molecule is CNC(CC(C)(C)OC)c1c(Cl)cnn1CCN(C)C. The maximum atomic E-state index is 6.33. The van der Waals surface area contributed by atoms with Crippen molar-refractivity contribution in [1.29, 1.82) is 0 Å². The Bertz CT molecular complexity index is 417. The molecule has 1 unspecified atom stereocenters. The zero-order valence-electron chi connectivity index (χ0n) is 13.4. The predicted octanol–water partition coefficient (Wildman–Crippen LogP) is 2.17. The second-order valence-electron chi connectivity index (χ2n) is 5.91. The van der Waals surface area contributed by atoms with Crippen LogP contribution in [0.4, 0.5) is 0 Å². The summed E-state index contributed by atoms with van der Waals surface area (Å²) < 4.78 is 7.51. The second kappa shape index (κ2) is 7.41. The van der Waals surface area contributed by atoms with Crippen molar-refractivity contribution in [3.05, 3.63) is 16.9 Å². The summed E-state index contributed by atoms with van der Waals surface area (Å²) in [6.07, 6.45) is 2.55. The molecule has 0 bridgehead atoms. The van der Waals surface area contributed by atoms with Crippen LogP contribution in [0.15, 0.2) is 6.20 Å². The Hall–Kier alpha value is -0.620. The third kappa shape index (κ3) is 4.74. The normalized spacial score (nSPS) is 14.0. The fourth-order valence-electron chi connectivity index (χ4n) is 2.10. The molecule has 1 atom stereocenters. The van der Waals surface area contributed by atoms with Crippen molar-refractivity contribution in [2.45, 2.75) is 38.5 Å². The number of hydrogen-bond donors (Lipinski definition) is 1. The van der Waals surface area contributed by atoms with E-state index in [1.165, 1.54) is 0 Å². The molecule has 1 rings (SSSR count). The van der Waals surface area contributed by atoms with E-state index >= 15 is 0 Å². The van der Waals surface area contributed by atoms with Crippen molar-refractivity contribution < 1.29 is 4.74 Å². The molecule has 1 aromatic rings. The number of rotatable bonds is 8. The zero-order valence-corrected chi connectivity index (χ0v) is 14.2. The number of nitrogens with one attached hydrogen (secondary N) is 1. The van der Waals surface area contributed by atoms with Crippen molar-refractivity contribution in [3.63, 3.8) is 0 Å². The molecule has 5 nitrogen and oxygen atoms in total. The van der Waals surface area contributed by atoms with Crippen LogP contribution < -0.4 is 5.32 Å². The molecule has 0 saturated heterocycles. The van der Waals surface area contributed by atoms with Gasteiger partial charge in [0, 0.05) is 13.7 Å². The molecule has 1 heterocycles. The van der Waals surface area contributed by atoms with Gasteiger partial charge in [0.05, 0.1) is 35.1 Å². The van der Waals surface area contributed by atoms with Crippen LogP contribution in [-0.2, 0) is 11.3 Å². The Balaban J connectivity index is 2.93. The van der Waals surface area contributed by atoms with Crippen LogP contribution in [0.25, 0.3) is 0 Å². The number of aromatic nitrogens is 2. The zero-order chi connectivity index (χ0) is 15.3. The van der Waals surface area contributed by atoms with Gasteiger partial charge in [0.1, 0.15) is 0 Å². The van der Waals surface area contributed by atoms with Crippen molar-refractivity contribution in [2.24, 2.45) is 0 Å². The van der Waals surface area contributed by atoms with E-state index < -0.39 is 0 Å². The molecule has 20 heavy (non-hydrogen) atoms. The standard InChI is InChI=1S/C14H27ClN4O/c1-14(2,20-6)9-12(16-3)13-11(15)10-17-19(13)8-7-18(4)5/h10,12,16H,7-9H2,1-6H3. The molecule has 0 aliphatic carbocycles. The number of halogens is 1. The summed E-state index contributed by atoms with van der Waals surface area (Å²) in [4.78, 5) is 2.13. The van der Waals surface area contributed by atoms with E-state index in [-0.39, 0.29) is 11.6 Å². The lowest BCUT2D eigenvalue weighted by molar-refractivity contribution is 0.00673. The van der Waals surface area contributed by atoms with Gasteiger partial charge in [-0.3, -0.25) is 4.68 Å². The topological polar surface area (TPSA) is 42.3 Å². The molecule has 1 N–H and O–H groups in total. The van der Waals surface area contributed by atoms with Gasteiger partial charge in [-0.2, -0.15) is 5.10 Å². The van der Waals surface area contributed by atoms with Crippen molar-refractivity contribution >= 4 is 11.6 Å². The number of nitrogens with zero attached hydrogens (tertiary/aromatic N) is 3. The highest BCUT2D eigenvalue weighted by atomic mass is 35.5. The lowest BCUT2D eigenvalue weighted by Gasteiger charge is -2.29. The van der Waals surface area contributed by atoms with Gasteiger partial charge in [-0.15, -0.1) is 0 Å². The fraction of sp³-hybridized carbons (Fsp3) is 0.786. The summed E-state index contributed by atoms with van der Waals surface area (Å²) in [7, 11) is 7.77. The van der Waals surface area contributed by atoms with E-state index in [2.05, 4.69) is 29.2 Å².